The fraction of sp³-hybridized carbons (Fsp3) is 0. The van der Waals surface area contributed by atoms with Gasteiger partial charge in [-0.3, -0.25) is 0 Å². The van der Waals surface area contributed by atoms with Gasteiger partial charge in [-0.05, 0) is 36.4 Å². The number of furan rings is 1. The van der Waals surface area contributed by atoms with Crippen LogP contribution in [0.2, 0.25) is 0 Å². The second-order valence-corrected chi connectivity index (χ2v) is 7.85. The maximum Gasteiger partial charge on any atom is 0.254 e. The van der Waals surface area contributed by atoms with E-state index >= 15 is 0 Å². The van der Waals surface area contributed by atoms with Gasteiger partial charge in [0.1, 0.15) is 11.3 Å². The van der Waals surface area contributed by atoms with Crippen molar-refractivity contribution in [1.29, 1.82) is 0 Å². The zero-order chi connectivity index (χ0) is 20.4. The van der Waals surface area contributed by atoms with Crippen LogP contribution in [0.1, 0.15) is 0 Å². The first kappa shape index (κ1) is 18.7. The third-order valence-corrected chi connectivity index (χ3v) is 6.04. The first-order valence-corrected chi connectivity index (χ1v) is 10.4. The van der Waals surface area contributed by atoms with Crippen LogP contribution in [0.4, 0.5) is 0 Å². The summed E-state index contributed by atoms with van der Waals surface area (Å²) in [6.07, 6.45) is 4.25. The van der Waals surface area contributed by atoms with Crippen LogP contribution >= 0.6 is 0 Å². The van der Waals surface area contributed by atoms with Crippen LogP contribution in [0.5, 0.6) is 0 Å². The molecular weight excluding hydrogens is 418 g/mol. The number of hydrogen-bond donors (Lipinski definition) is 1. The Morgan fingerprint density at radius 2 is 1.56 bits per heavy atom. The Morgan fingerprint density at radius 3 is 2.44 bits per heavy atom. The Balaban J connectivity index is 0.00000196. The van der Waals surface area contributed by atoms with Gasteiger partial charge in [-0.25, -0.2) is 0 Å². The molecule has 0 aliphatic heterocycles. The number of aromatic amines is 1. The molecule has 7 aromatic rings. The number of H-pyrrole nitrogens is 1. The van der Waals surface area contributed by atoms with Gasteiger partial charge in [0.2, 0.25) is 11.2 Å². The summed E-state index contributed by atoms with van der Waals surface area (Å²) in [6, 6.07) is 31.3. The molecule has 0 aliphatic rings. The van der Waals surface area contributed by atoms with Crippen LogP contribution in [0.3, 0.4) is 0 Å². The SMILES string of the molecule is [Cl-].c1ccc(-n2c[n+]3ccc4c5ccccc5[nH]c4c3c2-c2cc3ccccc3o2)cc1. The van der Waals surface area contributed by atoms with Gasteiger partial charge in [-0.2, -0.15) is 8.97 Å². The molecule has 0 radical (unpaired) electrons. The molecule has 32 heavy (non-hydrogen) atoms. The minimum atomic E-state index is 0. The molecule has 4 nitrogen and oxygen atoms in total. The zero-order valence-corrected chi connectivity index (χ0v) is 17.8. The Morgan fingerprint density at radius 1 is 0.781 bits per heavy atom. The second kappa shape index (κ2) is 7.01. The predicted molar refractivity (Wildman–Crippen MR) is 123 cm³/mol. The number of halogens is 1. The number of fused-ring (bicyclic) bond motifs is 6. The number of aromatic nitrogens is 3. The number of pyridine rings is 1. The van der Waals surface area contributed by atoms with Crippen LogP contribution in [-0.4, -0.2) is 9.55 Å². The Labute approximate surface area is 189 Å². The minimum absolute atomic E-state index is 0. The highest BCUT2D eigenvalue weighted by Crippen LogP contribution is 2.36. The molecule has 0 spiro atoms. The number of rotatable bonds is 2. The molecule has 1 N–H and O–H groups in total. The summed E-state index contributed by atoms with van der Waals surface area (Å²) in [6.45, 7) is 0. The zero-order valence-electron chi connectivity index (χ0n) is 17.0. The first-order valence-electron chi connectivity index (χ1n) is 10.4. The lowest BCUT2D eigenvalue weighted by atomic mass is 10.1. The van der Waals surface area contributed by atoms with E-state index in [0.29, 0.717) is 0 Å². The first-order chi connectivity index (χ1) is 15.4. The summed E-state index contributed by atoms with van der Waals surface area (Å²) in [5.41, 5.74) is 6.34. The highest BCUT2D eigenvalue weighted by molar-refractivity contribution is 6.13. The molecule has 5 heteroatoms. The van der Waals surface area contributed by atoms with Crippen LogP contribution in [0.15, 0.2) is 108 Å². The van der Waals surface area contributed by atoms with E-state index in [4.69, 9.17) is 4.42 Å². The van der Waals surface area contributed by atoms with Crippen molar-refractivity contribution in [2.45, 2.75) is 0 Å². The molecule has 0 fully saturated rings. The van der Waals surface area contributed by atoms with Gasteiger partial charge in [-0.1, -0.05) is 54.6 Å². The van der Waals surface area contributed by atoms with E-state index in [1.165, 1.54) is 10.8 Å². The average molecular weight is 436 g/mol. The largest absolute Gasteiger partial charge is 1.00 e. The smallest absolute Gasteiger partial charge is 0.254 e. The van der Waals surface area contributed by atoms with E-state index in [0.717, 1.165) is 44.7 Å². The van der Waals surface area contributed by atoms with Crippen molar-refractivity contribution in [3.63, 3.8) is 0 Å². The van der Waals surface area contributed by atoms with Crippen molar-refractivity contribution in [2.75, 3.05) is 0 Å². The molecule has 7 rings (SSSR count). The third kappa shape index (κ3) is 2.60. The molecule has 4 aromatic heterocycles. The standard InChI is InChI=1S/C27H18N3O.ClH/c1-2-9-19(10-3-1)30-17-29-15-14-21-20-11-5-6-12-22(20)28-25(21)27(29)26(30)24-16-18-8-4-7-13-23(18)31-24;/h1-17,28H;1H/q+1;/p-1. The van der Waals surface area contributed by atoms with Gasteiger partial charge in [0.25, 0.3) is 6.33 Å². The second-order valence-electron chi connectivity index (χ2n) is 7.85. The molecular formula is C27H18ClN3O. The van der Waals surface area contributed by atoms with E-state index in [1.807, 2.05) is 24.3 Å². The number of nitrogens with one attached hydrogen (secondary N) is 1. The van der Waals surface area contributed by atoms with Gasteiger partial charge in [0.15, 0.2) is 5.76 Å². The lowest BCUT2D eigenvalue weighted by molar-refractivity contribution is -0.510. The molecule has 4 heterocycles. The van der Waals surface area contributed by atoms with Crippen molar-refractivity contribution < 1.29 is 21.2 Å². The minimum Gasteiger partial charge on any atom is -1.00 e. The topological polar surface area (TPSA) is 38.0 Å². The molecule has 0 saturated carbocycles. The molecule has 0 atom stereocenters. The van der Waals surface area contributed by atoms with Crippen LogP contribution in [-0.2, 0) is 0 Å². The van der Waals surface area contributed by atoms with Crippen molar-refractivity contribution in [3.05, 3.63) is 104 Å². The molecule has 3 aromatic carbocycles. The van der Waals surface area contributed by atoms with Crippen LogP contribution in [0, 0.1) is 0 Å². The molecule has 154 valence electrons. The summed E-state index contributed by atoms with van der Waals surface area (Å²) in [4.78, 5) is 3.65. The number of para-hydroxylation sites is 3. The predicted octanol–water partition coefficient (Wildman–Crippen LogP) is 3.27. The lowest BCUT2D eigenvalue weighted by Gasteiger charge is -1.99. The quantitative estimate of drug-likeness (QED) is 0.416. The summed E-state index contributed by atoms with van der Waals surface area (Å²) >= 11 is 0. The van der Waals surface area contributed by atoms with E-state index in [2.05, 4.69) is 93.2 Å². The fourth-order valence-electron chi connectivity index (χ4n) is 4.63. The Bertz CT molecular complexity index is 1710. The van der Waals surface area contributed by atoms with E-state index in [9.17, 15) is 0 Å². The van der Waals surface area contributed by atoms with E-state index < -0.39 is 0 Å². The Kier molecular flexibility index (Phi) is 4.10. The van der Waals surface area contributed by atoms with Gasteiger partial charge in [-0.15, -0.1) is 0 Å². The highest BCUT2D eigenvalue weighted by Gasteiger charge is 2.27. The third-order valence-electron chi connectivity index (χ3n) is 6.04. The van der Waals surface area contributed by atoms with Gasteiger partial charge in [0.05, 0.1) is 11.7 Å². The molecule has 0 amide bonds. The average Bonchev–Trinajstić information content (AvgIpc) is 3.51. The van der Waals surface area contributed by atoms with Gasteiger partial charge < -0.3 is 21.8 Å². The van der Waals surface area contributed by atoms with E-state index in [1.54, 1.807) is 0 Å². The van der Waals surface area contributed by atoms with Crippen molar-refractivity contribution in [2.24, 2.45) is 0 Å². The molecule has 0 bridgehead atoms. The lowest BCUT2D eigenvalue weighted by Crippen LogP contribution is -3.00. The maximum atomic E-state index is 6.36. The molecule has 0 aliphatic carbocycles. The summed E-state index contributed by atoms with van der Waals surface area (Å²) in [5, 5.41) is 3.53. The van der Waals surface area contributed by atoms with Crippen molar-refractivity contribution in [3.8, 4) is 17.1 Å². The molecule has 0 unspecified atom stereocenters. The number of hydrogen-bond acceptors (Lipinski definition) is 1. The van der Waals surface area contributed by atoms with Crippen LogP contribution in [0.25, 0.3) is 55.4 Å². The number of benzene rings is 3. The summed E-state index contributed by atoms with van der Waals surface area (Å²) in [5.74, 6) is 0.846. The van der Waals surface area contributed by atoms with Crippen molar-refractivity contribution >= 4 is 38.3 Å². The van der Waals surface area contributed by atoms with Gasteiger partial charge >= 0.3 is 0 Å². The van der Waals surface area contributed by atoms with Crippen LogP contribution < -0.4 is 16.8 Å². The number of nitrogens with zero attached hydrogens (tertiary/aromatic N) is 2. The highest BCUT2D eigenvalue weighted by atomic mass is 35.5. The maximum absolute atomic E-state index is 6.36. The summed E-state index contributed by atoms with van der Waals surface area (Å²) in [7, 11) is 0. The number of imidazole rings is 1. The Hall–Kier alpha value is -4.02. The van der Waals surface area contributed by atoms with E-state index in [-0.39, 0.29) is 12.4 Å². The molecule has 0 saturated heterocycles. The monoisotopic (exact) mass is 435 g/mol. The van der Waals surface area contributed by atoms with Gasteiger partial charge in [0, 0.05) is 21.7 Å². The fourth-order valence-corrected chi connectivity index (χ4v) is 4.63. The summed E-state index contributed by atoms with van der Waals surface area (Å²) < 4.78 is 10.7. The normalized spacial score (nSPS) is 11.5. The van der Waals surface area contributed by atoms with Crippen molar-refractivity contribution in [1.82, 2.24) is 9.55 Å².